The number of aliphatic hydroxyl groups excluding tert-OH is 1. The fourth-order valence-electron chi connectivity index (χ4n) is 3.68. The summed E-state index contributed by atoms with van der Waals surface area (Å²) in [5.74, 6) is -1.21. The molecule has 1 fully saturated rings. The van der Waals surface area contributed by atoms with Crippen LogP contribution in [0, 0.1) is 0 Å². The van der Waals surface area contributed by atoms with Gasteiger partial charge in [-0.05, 0) is 53.6 Å². The van der Waals surface area contributed by atoms with E-state index in [2.05, 4.69) is 4.98 Å². The van der Waals surface area contributed by atoms with Gasteiger partial charge in [-0.25, -0.2) is 0 Å². The summed E-state index contributed by atoms with van der Waals surface area (Å²) in [4.78, 5) is 31.4. The molecule has 156 valence electrons. The Balaban J connectivity index is 1.85. The van der Waals surface area contributed by atoms with Gasteiger partial charge in [-0.3, -0.25) is 14.6 Å². The maximum absolute atomic E-state index is 13.0. The number of phenols is 1. The molecule has 1 aliphatic rings. The molecular weight excluding hydrogens is 396 g/mol. The topological polar surface area (TPSA) is 100.0 Å². The van der Waals surface area contributed by atoms with E-state index in [0.717, 1.165) is 5.56 Å². The molecule has 7 nitrogen and oxygen atoms in total. The SMILES string of the molecule is COc1ccc(/C(O)=C2/C(=O)C(=O)N(Cc3cccnc3)C2c2cccc(O)c2)cc1. The molecule has 0 radical (unpaired) electrons. The molecule has 1 unspecified atom stereocenters. The minimum absolute atomic E-state index is 0.00564. The lowest BCUT2D eigenvalue weighted by atomic mass is 9.95. The Morgan fingerprint density at radius 1 is 1.10 bits per heavy atom. The lowest BCUT2D eigenvalue weighted by Crippen LogP contribution is -2.29. The largest absolute Gasteiger partial charge is 0.508 e. The van der Waals surface area contributed by atoms with E-state index in [1.807, 2.05) is 0 Å². The Labute approximate surface area is 178 Å². The zero-order valence-corrected chi connectivity index (χ0v) is 16.7. The summed E-state index contributed by atoms with van der Waals surface area (Å²) in [5, 5.41) is 21.0. The molecule has 4 rings (SSSR count). The number of aliphatic hydroxyl groups is 1. The predicted molar refractivity (Wildman–Crippen MR) is 113 cm³/mol. The van der Waals surface area contributed by atoms with Gasteiger partial charge in [-0.15, -0.1) is 0 Å². The fourth-order valence-corrected chi connectivity index (χ4v) is 3.68. The van der Waals surface area contributed by atoms with E-state index in [0.29, 0.717) is 16.9 Å². The molecule has 1 saturated heterocycles. The highest BCUT2D eigenvalue weighted by Gasteiger charge is 2.46. The molecule has 3 aromatic rings. The van der Waals surface area contributed by atoms with Crippen molar-refractivity contribution in [1.29, 1.82) is 0 Å². The first-order valence-electron chi connectivity index (χ1n) is 9.60. The number of Topliss-reactive ketones (excluding diaryl/α,β-unsaturated/α-hetero) is 1. The number of ether oxygens (including phenoxy) is 1. The number of amides is 1. The third-order valence-electron chi connectivity index (χ3n) is 5.17. The lowest BCUT2D eigenvalue weighted by Gasteiger charge is -2.25. The van der Waals surface area contributed by atoms with Crippen LogP contribution in [0.1, 0.15) is 22.7 Å². The number of nitrogens with zero attached hydrogens (tertiary/aromatic N) is 2. The van der Waals surface area contributed by atoms with E-state index >= 15 is 0 Å². The summed E-state index contributed by atoms with van der Waals surface area (Å²) in [6.07, 6.45) is 3.23. The Morgan fingerprint density at radius 2 is 1.87 bits per heavy atom. The van der Waals surface area contributed by atoms with Crippen LogP contribution in [0.4, 0.5) is 0 Å². The molecule has 0 aliphatic carbocycles. The van der Waals surface area contributed by atoms with E-state index in [4.69, 9.17) is 4.74 Å². The van der Waals surface area contributed by atoms with Crippen LogP contribution in [0.2, 0.25) is 0 Å². The molecule has 31 heavy (non-hydrogen) atoms. The summed E-state index contributed by atoms with van der Waals surface area (Å²) in [7, 11) is 1.53. The molecule has 1 amide bonds. The number of methoxy groups -OCH3 is 1. The molecule has 7 heteroatoms. The number of phenolic OH excluding ortho intramolecular Hbond substituents is 1. The van der Waals surface area contributed by atoms with Crippen LogP contribution in [0.15, 0.2) is 78.6 Å². The number of carbonyl (C=O) groups excluding carboxylic acids is 2. The molecule has 2 heterocycles. The third kappa shape index (κ3) is 3.85. The first-order chi connectivity index (χ1) is 15.0. The van der Waals surface area contributed by atoms with Crippen LogP contribution in [0.3, 0.4) is 0 Å². The van der Waals surface area contributed by atoms with Crippen molar-refractivity contribution < 1.29 is 24.5 Å². The second kappa shape index (κ2) is 8.31. The first-order valence-corrected chi connectivity index (χ1v) is 9.60. The normalized spacial score (nSPS) is 17.7. The number of hydrogen-bond acceptors (Lipinski definition) is 6. The van der Waals surface area contributed by atoms with Gasteiger partial charge in [0.25, 0.3) is 11.7 Å². The van der Waals surface area contributed by atoms with Crippen molar-refractivity contribution in [2.75, 3.05) is 7.11 Å². The molecule has 1 aromatic heterocycles. The number of aromatic nitrogens is 1. The molecular formula is C24H20N2O5. The molecule has 0 saturated carbocycles. The Kier molecular flexibility index (Phi) is 5.41. The number of carbonyl (C=O) groups is 2. The lowest BCUT2D eigenvalue weighted by molar-refractivity contribution is -0.140. The summed E-state index contributed by atoms with van der Waals surface area (Å²) < 4.78 is 5.14. The van der Waals surface area contributed by atoms with Gasteiger partial charge < -0.3 is 19.8 Å². The van der Waals surface area contributed by atoms with E-state index in [9.17, 15) is 19.8 Å². The summed E-state index contributed by atoms with van der Waals surface area (Å²) >= 11 is 0. The molecule has 0 bridgehead atoms. The number of aromatic hydroxyl groups is 1. The van der Waals surface area contributed by atoms with Crippen molar-refractivity contribution in [3.05, 3.63) is 95.3 Å². The van der Waals surface area contributed by atoms with Crippen molar-refractivity contribution in [1.82, 2.24) is 9.88 Å². The highest BCUT2D eigenvalue weighted by atomic mass is 16.5. The average molecular weight is 416 g/mol. The fraction of sp³-hybridized carbons (Fsp3) is 0.125. The molecule has 0 spiro atoms. The Morgan fingerprint density at radius 3 is 2.52 bits per heavy atom. The van der Waals surface area contributed by atoms with E-state index in [-0.39, 0.29) is 23.6 Å². The number of benzene rings is 2. The zero-order valence-electron chi connectivity index (χ0n) is 16.7. The maximum atomic E-state index is 13.0. The van der Waals surface area contributed by atoms with Gasteiger partial charge in [0.1, 0.15) is 17.3 Å². The van der Waals surface area contributed by atoms with Gasteiger partial charge in [0.15, 0.2) is 0 Å². The number of rotatable bonds is 5. The number of likely N-dealkylation sites (tertiary alicyclic amines) is 1. The second-order valence-electron chi connectivity index (χ2n) is 7.11. The van der Waals surface area contributed by atoms with Gasteiger partial charge in [-0.1, -0.05) is 18.2 Å². The molecule has 1 atom stereocenters. The van der Waals surface area contributed by atoms with Crippen molar-refractivity contribution in [3.63, 3.8) is 0 Å². The van der Waals surface area contributed by atoms with Crippen LogP contribution in [0.25, 0.3) is 5.76 Å². The van der Waals surface area contributed by atoms with Crippen LogP contribution < -0.4 is 4.74 Å². The zero-order chi connectivity index (χ0) is 22.0. The quantitative estimate of drug-likeness (QED) is 0.376. The van der Waals surface area contributed by atoms with Gasteiger partial charge in [0.05, 0.1) is 18.7 Å². The van der Waals surface area contributed by atoms with E-state index < -0.39 is 17.7 Å². The van der Waals surface area contributed by atoms with Crippen LogP contribution in [-0.2, 0) is 16.1 Å². The van der Waals surface area contributed by atoms with Crippen molar-refractivity contribution in [2.24, 2.45) is 0 Å². The first kappa shape index (κ1) is 20.2. The van der Waals surface area contributed by atoms with E-state index in [1.54, 1.807) is 60.9 Å². The molecule has 2 N–H and O–H groups in total. The minimum atomic E-state index is -0.866. The maximum Gasteiger partial charge on any atom is 0.295 e. The number of ketones is 1. The second-order valence-corrected chi connectivity index (χ2v) is 7.11. The Hall–Kier alpha value is -4.13. The van der Waals surface area contributed by atoms with Gasteiger partial charge >= 0.3 is 0 Å². The van der Waals surface area contributed by atoms with E-state index in [1.165, 1.54) is 24.1 Å². The van der Waals surface area contributed by atoms with Gasteiger partial charge in [0, 0.05) is 24.5 Å². The van der Waals surface area contributed by atoms with Gasteiger partial charge in [-0.2, -0.15) is 0 Å². The predicted octanol–water partition coefficient (Wildman–Crippen LogP) is 3.42. The number of hydrogen-bond donors (Lipinski definition) is 2. The van der Waals surface area contributed by atoms with Gasteiger partial charge in [0.2, 0.25) is 0 Å². The minimum Gasteiger partial charge on any atom is -0.508 e. The monoisotopic (exact) mass is 416 g/mol. The van der Waals surface area contributed by atoms with Crippen molar-refractivity contribution in [3.8, 4) is 11.5 Å². The smallest absolute Gasteiger partial charge is 0.295 e. The Bertz CT molecular complexity index is 1160. The highest BCUT2D eigenvalue weighted by molar-refractivity contribution is 6.46. The van der Waals surface area contributed by atoms with Crippen LogP contribution >= 0.6 is 0 Å². The van der Waals surface area contributed by atoms with Crippen LogP contribution in [-0.4, -0.2) is 38.9 Å². The van der Waals surface area contributed by atoms with Crippen LogP contribution in [0.5, 0.6) is 11.5 Å². The standard InChI is InChI=1S/C24H20N2O5/c1-31-19-9-7-16(8-10-19)22(28)20-21(17-5-2-6-18(27)12-17)26(24(30)23(20)29)14-15-4-3-11-25-13-15/h2-13,21,27-28H,14H2,1H3/b22-20-. The number of pyridine rings is 1. The molecule has 1 aliphatic heterocycles. The third-order valence-corrected chi connectivity index (χ3v) is 5.17. The average Bonchev–Trinajstić information content (AvgIpc) is 3.04. The van der Waals surface area contributed by atoms with Crippen molar-refractivity contribution >= 4 is 17.4 Å². The highest BCUT2D eigenvalue weighted by Crippen LogP contribution is 2.41. The molecule has 2 aromatic carbocycles. The van der Waals surface area contributed by atoms with Crippen molar-refractivity contribution in [2.45, 2.75) is 12.6 Å². The summed E-state index contributed by atoms with van der Waals surface area (Å²) in [5.41, 5.74) is 1.59. The summed E-state index contributed by atoms with van der Waals surface area (Å²) in [6.45, 7) is 0.123. The summed E-state index contributed by atoms with van der Waals surface area (Å²) in [6, 6.07) is 15.5.